The van der Waals surface area contributed by atoms with Gasteiger partial charge in [0.05, 0.1) is 19.3 Å². The second kappa shape index (κ2) is 7.36. The van der Waals surface area contributed by atoms with Gasteiger partial charge in [-0.3, -0.25) is 0 Å². The summed E-state index contributed by atoms with van der Waals surface area (Å²) in [6.45, 7) is 1.72. The van der Waals surface area contributed by atoms with Crippen LogP contribution < -0.4 is 5.32 Å². The summed E-state index contributed by atoms with van der Waals surface area (Å²) in [5.74, 6) is 0. The standard InChI is InChI=1S/C20H23N5O2/c26-19(21-13-16-6-7-17-4-1-2-5-18(17)12-16)24-10-3-8-20(27,14-24)15-25-11-9-22-23-25/h1-2,4-7,9,11-12,27H,3,8,10,13-15H2,(H,21,26). The van der Waals surface area contributed by atoms with Crippen LogP contribution in [0.1, 0.15) is 18.4 Å². The van der Waals surface area contributed by atoms with Crippen molar-refractivity contribution in [3.05, 3.63) is 60.4 Å². The van der Waals surface area contributed by atoms with Crippen LogP contribution in [0, 0.1) is 0 Å². The van der Waals surface area contributed by atoms with Gasteiger partial charge in [-0.05, 0) is 35.2 Å². The van der Waals surface area contributed by atoms with Gasteiger partial charge in [0.1, 0.15) is 5.60 Å². The number of aromatic nitrogens is 3. The van der Waals surface area contributed by atoms with E-state index >= 15 is 0 Å². The molecule has 4 rings (SSSR count). The van der Waals surface area contributed by atoms with E-state index in [0.29, 0.717) is 26.1 Å². The Hall–Kier alpha value is -2.93. The summed E-state index contributed by atoms with van der Waals surface area (Å²) < 4.78 is 1.61. The van der Waals surface area contributed by atoms with Crippen molar-refractivity contribution in [2.24, 2.45) is 0 Å². The number of piperidine rings is 1. The summed E-state index contributed by atoms with van der Waals surface area (Å²) in [6.07, 6.45) is 4.70. The topological polar surface area (TPSA) is 83.3 Å². The Kier molecular flexibility index (Phi) is 4.77. The monoisotopic (exact) mass is 365 g/mol. The first kappa shape index (κ1) is 17.5. The molecule has 2 N–H and O–H groups in total. The van der Waals surface area contributed by atoms with Gasteiger partial charge in [-0.2, -0.15) is 0 Å². The normalized spacial score (nSPS) is 20.0. The predicted octanol–water partition coefficient (Wildman–Crippen LogP) is 2.17. The third kappa shape index (κ3) is 4.09. The highest BCUT2D eigenvalue weighted by molar-refractivity contribution is 5.83. The van der Waals surface area contributed by atoms with Crippen LogP contribution in [0.2, 0.25) is 0 Å². The highest BCUT2D eigenvalue weighted by Gasteiger charge is 2.35. The summed E-state index contributed by atoms with van der Waals surface area (Å²) in [5.41, 5.74) is 0.0728. The molecule has 2 heterocycles. The summed E-state index contributed by atoms with van der Waals surface area (Å²) in [6, 6.07) is 14.2. The van der Waals surface area contributed by atoms with E-state index in [9.17, 15) is 9.90 Å². The van der Waals surface area contributed by atoms with Crippen LogP contribution in [0.15, 0.2) is 54.9 Å². The number of carbonyl (C=O) groups excluding carboxylic acids is 1. The number of nitrogens with zero attached hydrogens (tertiary/aromatic N) is 4. The lowest BCUT2D eigenvalue weighted by Crippen LogP contribution is -2.54. The Morgan fingerprint density at radius 2 is 2.07 bits per heavy atom. The highest BCUT2D eigenvalue weighted by Crippen LogP contribution is 2.23. The van der Waals surface area contributed by atoms with Gasteiger partial charge in [0.2, 0.25) is 0 Å². The zero-order valence-electron chi connectivity index (χ0n) is 15.1. The van der Waals surface area contributed by atoms with Crippen LogP contribution in [0.3, 0.4) is 0 Å². The Morgan fingerprint density at radius 3 is 2.89 bits per heavy atom. The fourth-order valence-corrected chi connectivity index (χ4v) is 3.67. The second-order valence-electron chi connectivity index (χ2n) is 7.19. The van der Waals surface area contributed by atoms with Crippen molar-refractivity contribution in [1.82, 2.24) is 25.2 Å². The van der Waals surface area contributed by atoms with Crippen molar-refractivity contribution in [3.8, 4) is 0 Å². The molecule has 0 aliphatic carbocycles. The van der Waals surface area contributed by atoms with Gasteiger partial charge in [-0.15, -0.1) is 5.10 Å². The van der Waals surface area contributed by atoms with Crippen LogP contribution in [0.25, 0.3) is 10.8 Å². The molecule has 1 fully saturated rings. The Morgan fingerprint density at radius 1 is 1.22 bits per heavy atom. The van der Waals surface area contributed by atoms with Crippen LogP contribution in [-0.4, -0.2) is 49.7 Å². The number of carbonyl (C=O) groups is 1. The number of rotatable bonds is 4. The van der Waals surface area contributed by atoms with Gasteiger partial charge in [0, 0.05) is 19.3 Å². The molecule has 0 bridgehead atoms. The molecule has 7 heteroatoms. The Balaban J connectivity index is 1.37. The lowest BCUT2D eigenvalue weighted by atomic mass is 9.93. The van der Waals surface area contributed by atoms with E-state index < -0.39 is 5.60 Å². The van der Waals surface area contributed by atoms with Crippen molar-refractivity contribution in [2.45, 2.75) is 31.5 Å². The molecule has 1 aromatic heterocycles. The fraction of sp³-hybridized carbons (Fsp3) is 0.350. The van der Waals surface area contributed by atoms with E-state index in [1.54, 1.807) is 22.0 Å². The average molecular weight is 365 g/mol. The lowest BCUT2D eigenvalue weighted by molar-refractivity contribution is -0.0341. The summed E-state index contributed by atoms with van der Waals surface area (Å²) in [4.78, 5) is 14.3. The third-order valence-electron chi connectivity index (χ3n) is 5.03. The van der Waals surface area contributed by atoms with E-state index in [2.05, 4.69) is 39.9 Å². The van der Waals surface area contributed by atoms with Crippen molar-refractivity contribution >= 4 is 16.8 Å². The lowest BCUT2D eigenvalue weighted by Gasteiger charge is -2.38. The molecule has 2 amide bonds. The van der Waals surface area contributed by atoms with E-state index in [-0.39, 0.29) is 12.6 Å². The molecule has 0 radical (unpaired) electrons. The van der Waals surface area contributed by atoms with E-state index in [1.165, 1.54) is 5.39 Å². The first-order valence-electron chi connectivity index (χ1n) is 9.18. The molecule has 0 saturated carbocycles. The van der Waals surface area contributed by atoms with Crippen molar-refractivity contribution in [2.75, 3.05) is 13.1 Å². The fourth-order valence-electron chi connectivity index (χ4n) is 3.67. The zero-order valence-corrected chi connectivity index (χ0v) is 15.1. The minimum absolute atomic E-state index is 0.153. The number of nitrogens with one attached hydrogen (secondary N) is 1. The largest absolute Gasteiger partial charge is 0.386 e. The maximum Gasteiger partial charge on any atom is 0.317 e. The molecule has 140 valence electrons. The molecular formula is C20H23N5O2. The summed E-state index contributed by atoms with van der Waals surface area (Å²) >= 11 is 0. The van der Waals surface area contributed by atoms with Crippen molar-refractivity contribution < 1.29 is 9.90 Å². The molecule has 1 aliphatic heterocycles. The predicted molar refractivity (Wildman–Crippen MR) is 102 cm³/mol. The van der Waals surface area contributed by atoms with Crippen LogP contribution in [0.5, 0.6) is 0 Å². The first-order valence-corrected chi connectivity index (χ1v) is 9.18. The zero-order chi connectivity index (χ0) is 18.7. The molecule has 1 aliphatic rings. The molecule has 1 unspecified atom stereocenters. The molecule has 1 saturated heterocycles. The number of benzene rings is 2. The smallest absolute Gasteiger partial charge is 0.317 e. The van der Waals surface area contributed by atoms with Crippen molar-refractivity contribution in [3.63, 3.8) is 0 Å². The maximum atomic E-state index is 12.6. The van der Waals surface area contributed by atoms with Crippen molar-refractivity contribution in [1.29, 1.82) is 0 Å². The number of aliphatic hydroxyl groups is 1. The minimum Gasteiger partial charge on any atom is -0.386 e. The highest BCUT2D eigenvalue weighted by atomic mass is 16.3. The number of hydrogen-bond donors (Lipinski definition) is 2. The minimum atomic E-state index is -0.980. The maximum absolute atomic E-state index is 12.6. The molecule has 7 nitrogen and oxygen atoms in total. The SMILES string of the molecule is O=C(NCc1ccc2ccccc2c1)N1CCCC(O)(Cn2ccnn2)C1. The number of likely N-dealkylation sites (tertiary alicyclic amines) is 1. The number of urea groups is 1. The van der Waals surface area contributed by atoms with Gasteiger partial charge in [-0.1, -0.05) is 41.6 Å². The average Bonchev–Trinajstić information content (AvgIpc) is 3.18. The molecule has 3 aromatic rings. The Labute approximate surface area is 157 Å². The second-order valence-corrected chi connectivity index (χ2v) is 7.19. The van der Waals surface area contributed by atoms with Gasteiger partial charge in [-0.25, -0.2) is 9.48 Å². The number of amides is 2. The van der Waals surface area contributed by atoms with Crippen LogP contribution >= 0.6 is 0 Å². The first-order chi connectivity index (χ1) is 13.1. The molecule has 27 heavy (non-hydrogen) atoms. The van der Waals surface area contributed by atoms with E-state index in [1.807, 2.05) is 18.2 Å². The van der Waals surface area contributed by atoms with Crippen LogP contribution in [0.4, 0.5) is 4.79 Å². The molecule has 0 spiro atoms. The number of hydrogen-bond acceptors (Lipinski definition) is 4. The number of β-amino-alcohol motifs (C(OH)–C–C–N with tert-alkyl or cyclic N) is 1. The van der Waals surface area contributed by atoms with Gasteiger partial charge < -0.3 is 15.3 Å². The molecular weight excluding hydrogens is 342 g/mol. The quantitative estimate of drug-likeness (QED) is 0.742. The number of fused-ring (bicyclic) bond motifs is 1. The summed E-state index contributed by atoms with van der Waals surface area (Å²) in [7, 11) is 0. The van der Waals surface area contributed by atoms with Gasteiger partial charge in [0.15, 0.2) is 0 Å². The van der Waals surface area contributed by atoms with E-state index in [4.69, 9.17) is 0 Å². The third-order valence-corrected chi connectivity index (χ3v) is 5.03. The Bertz CT molecular complexity index is 927. The molecule has 2 aromatic carbocycles. The molecule has 1 atom stereocenters. The van der Waals surface area contributed by atoms with E-state index in [0.717, 1.165) is 17.4 Å². The van der Waals surface area contributed by atoms with Gasteiger partial charge in [0.25, 0.3) is 0 Å². The van der Waals surface area contributed by atoms with Crippen LogP contribution in [-0.2, 0) is 13.1 Å². The summed E-state index contributed by atoms with van der Waals surface area (Å²) in [5, 5.41) is 23.8. The van der Waals surface area contributed by atoms with Gasteiger partial charge >= 0.3 is 6.03 Å².